The second-order valence-electron chi connectivity index (χ2n) is 3.05. The molecule has 0 saturated heterocycles. The fourth-order valence-corrected chi connectivity index (χ4v) is 1.21. The highest BCUT2D eigenvalue weighted by Crippen LogP contribution is 2.03. The summed E-state index contributed by atoms with van der Waals surface area (Å²) in [5.41, 5.74) is 7.46. The molecule has 1 rings (SSSR count). The summed E-state index contributed by atoms with van der Waals surface area (Å²) < 4.78 is 0. The Morgan fingerprint density at radius 3 is 2.40 bits per heavy atom. The van der Waals surface area contributed by atoms with Gasteiger partial charge in [-0.15, -0.1) is 0 Å². The zero-order valence-electron chi connectivity index (χ0n) is 7.93. The minimum atomic E-state index is -1.14. The average molecular weight is 207 g/mol. The highest BCUT2D eigenvalue weighted by molar-refractivity contribution is 5.81. The van der Waals surface area contributed by atoms with Crippen molar-refractivity contribution in [1.29, 1.82) is 0 Å². The number of carbonyl (C=O) groups excluding carboxylic acids is 1. The molecule has 5 heteroatoms. The van der Waals surface area contributed by atoms with Gasteiger partial charge in [-0.05, 0) is 5.56 Å². The number of hydrogen-bond donors (Lipinski definition) is 2. The average Bonchev–Trinajstić information content (AvgIpc) is 2.17. The van der Waals surface area contributed by atoms with Crippen LogP contribution in [0.5, 0.6) is 0 Å². The maximum Gasteiger partial charge on any atom is 0.334 e. The number of hydrogen-bond acceptors (Lipinski definition) is 2. The van der Waals surface area contributed by atoms with E-state index in [1.165, 1.54) is 0 Å². The second-order valence-corrected chi connectivity index (χ2v) is 3.05. The van der Waals surface area contributed by atoms with Gasteiger partial charge in [0.1, 0.15) is 6.04 Å². The molecular formula is C10H11N2O3. The molecule has 0 aliphatic rings. The lowest BCUT2D eigenvalue weighted by Crippen LogP contribution is -2.42. The summed E-state index contributed by atoms with van der Waals surface area (Å²) in [6.45, 7) is 0. The highest BCUT2D eigenvalue weighted by atomic mass is 16.4. The molecule has 2 amide bonds. The maximum atomic E-state index is 10.7. The Bertz CT molecular complexity index is 351. The minimum Gasteiger partial charge on any atom is -0.480 e. The van der Waals surface area contributed by atoms with Gasteiger partial charge in [-0.2, -0.15) is 0 Å². The largest absolute Gasteiger partial charge is 0.480 e. The Morgan fingerprint density at radius 2 is 1.93 bits per heavy atom. The van der Waals surface area contributed by atoms with Crippen LogP contribution in [0.1, 0.15) is 5.56 Å². The number of benzene rings is 1. The lowest BCUT2D eigenvalue weighted by molar-refractivity contribution is -0.139. The number of rotatable bonds is 4. The Hall–Kier alpha value is -2.04. The number of carboxylic acid groups (broad SMARTS) is 1. The predicted octanol–water partition coefficient (Wildman–Crippen LogP) is 0.675. The van der Waals surface area contributed by atoms with E-state index in [0.717, 1.165) is 5.56 Å². The number of carbonyl (C=O) groups is 2. The molecule has 0 aliphatic carbocycles. The van der Waals surface area contributed by atoms with E-state index >= 15 is 0 Å². The van der Waals surface area contributed by atoms with E-state index in [2.05, 4.69) is 5.32 Å². The number of carboxylic acids is 1. The van der Waals surface area contributed by atoms with Gasteiger partial charge in [-0.1, -0.05) is 30.3 Å². The van der Waals surface area contributed by atoms with Gasteiger partial charge in [0.15, 0.2) is 0 Å². The van der Waals surface area contributed by atoms with Gasteiger partial charge >= 0.3 is 12.0 Å². The van der Waals surface area contributed by atoms with Crippen molar-refractivity contribution in [2.45, 2.75) is 12.5 Å². The summed E-state index contributed by atoms with van der Waals surface area (Å²) in [6, 6.07) is 6.81. The van der Waals surface area contributed by atoms with E-state index in [-0.39, 0.29) is 6.42 Å². The van der Waals surface area contributed by atoms with Gasteiger partial charge in [-0.25, -0.2) is 15.3 Å². The van der Waals surface area contributed by atoms with E-state index in [1.54, 1.807) is 24.3 Å². The SMILES string of the molecule is [NH]C(=O)NC(Cc1ccccc1)C(=O)O. The van der Waals surface area contributed by atoms with Gasteiger partial charge in [0.05, 0.1) is 0 Å². The molecule has 0 aromatic heterocycles. The number of aliphatic carboxylic acids is 1. The van der Waals surface area contributed by atoms with Crippen LogP contribution in [-0.4, -0.2) is 23.1 Å². The van der Waals surface area contributed by atoms with E-state index in [0.29, 0.717) is 0 Å². The Labute approximate surface area is 86.9 Å². The Morgan fingerprint density at radius 1 is 1.33 bits per heavy atom. The summed E-state index contributed by atoms with van der Waals surface area (Å²) in [4.78, 5) is 21.2. The normalized spacial score (nSPS) is 11.7. The van der Waals surface area contributed by atoms with Crippen LogP contribution in [0, 0.1) is 0 Å². The van der Waals surface area contributed by atoms with E-state index in [1.807, 2.05) is 6.07 Å². The van der Waals surface area contributed by atoms with Crippen molar-refractivity contribution in [3.8, 4) is 0 Å². The van der Waals surface area contributed by atoms with Gasteiger partial charge in [0.25, 0.3) is 0 Å². The standard InChI is InChI=1S/C10H11N2O3/c11-10(15)12-8(9(13)14)6-7-4-2-1-3-5-7/h1-5,8,11H,6H2,(H,12,15)(H,13,14). The Balaban J connectivity index is 2.67. The fourth-order valence-electron chi connectivity index (χ4n) is 1.21. The molecule has 0 bridgehead atoms. The van der Waals surface area contributed by atoms with Crippen LogP contribution in [0.3, 0.4) is 0 Å². The number of amides is 2. The quantitative estimate of drug-likeness (QED) is 0.760. The summed E-state index contributed by atoms with van der Waals surface area (Å²) in [5.74, 6) is -1.14. The molecule has 0 aliphatic heterocycles. The number of nitrogens with one attached hydrogen (secondary N) is 2. The maximum absolute atomic E-state index is 10.7. The van der Waals surface area contributed by atoms with Crippen LogP contribution < -0.4 is 11.1 Å². The first-order valence-corrected chi connectivity index (χ1v) is 4.38. The Kier molecular flexibility index (Phi) is 3.68. The third-order valence-corrected chi connectivity index (χ3v) is 1.89. The topological polar surface area (TPSA) is 90.2 Å². The molecule has 1 aromatic carbocycles. The molecular weight excluding hydrogens is 196 g/mol. The minimum absolute atomic E-state index is 0.181. The molecule has 1 radical (unpaired) electrons. The van der Waals surface area contributed by atoms with E-state index in [4.69, 9.17) is 10.8 Å². The lowest BCUT2D eigenvalue weighted by Gasteiger charge is -2.12. The van der Waals surface area contributed by atoms with Crippen LogP contribution >= 0.6 is 0 Å². The van der Waals surface area contributed by atoms with Crippen LogP contribution in [0.4, 0.5) is 4.79 Å². The van der Waals surface area contributed by atoms with Crippen molar-refractivity contribution >= 4 is 12.0 Å². The van der Waals surface area contributed by atoms with Crippen molar-refractivity contribution < 1.29 is 14.7 Å². The smallest absolute Gasteiger partial charge is 0.334 e. The third-order valence-electron chi connectivity index (χ3n) is 1.89. The van der Waals surface area contributed by atoms with Crippen LogP contribution in [0.15, 0.2) is 30.3 Å². The molecule has 0 spiro atoms. The molecule has 3 N–H and O–H groups in total. The zero-order valence-corrected chi connectivity index (χ0v) is 7.93. The highest BCUT2D eigenvalue weighted by Gasteiger charge is 2.18. The van der Waals surface area contributed by atoms with Crippen molar-refractivity contribution in [2.75, 3.05) is 0 Å². The summed E-state index contributed by atoms with van der Waals surface area (Å²) in [5, 5.41) is 10.8. The van der Waals surface area contributed by atoms with Crippen LogP contribution in [0.2, 0.25) is 0 Å². The van der Waals surface area contributed by atoms with Crippen LogP contribution in [0.25, 0.3) is 0 Å². The van der Waals surface area contributed by atoms with E-state index < -0.39 is 18.0 Å². The fraction of sp³-hybridized carbons (Fsp3) is 0.200. The summed E-state index contributed by atoms with van der Waals surface area (Å²) in [6.07, 6.45) is 0.181. The molecule has 0 heterocycles. The zero-order chi connectivity index (χ0) is 11.3. The molecule has 0 fully saturated rings. The van der Waals surface area contributed by atoms with Crippen molar-refractivity contribution in [3.05, 3.63) is 35.9 Å². The first-order chi connectivity index (χ1) is 7.09. The van der Waals surface area contributed by atoms with Crippen molar-refractivity contribution in [2.24, 2.45) is 0 Å². The molecule has 79 valence electrons. The van der Waals surface area contributed by atoms with Gasteiger partial charge in [0, 0.05) is 6.42 Å². The van der Waals surface area contributed by atoms with E-state index in [9.17, 15) is 9.59 Å². The third kappa shape index (κ3) is 3.68. The van der Waals surface area contributed by atoms with Crippen LogP contribution in [-0.2, 0) is 11.2 Å². The molecule has 1 unspecified atom stereocenters. The van der Waals surface area contributed by atoms with Gasteiger partial charge in [-0.3, -0.25) is 0 Å². The molecule has 5 nitrogen and oxygen atoms in total. The molecule has 1 aromatic rings. The summed E-state index contributed by atoms with van der Waals surface area (Å²) in [7, 11) is 0. The first kappa shape index (κ1) is 11.0. The second kappa shape index (κ2) is 4.99. The van der Waals surface area contributed by atoms with Gasteiger partial charge in [0.2, 0.25) is 0 Å². The van der Waals surface area contributed by atoms with Crippen molar-refractivity contribution in [3.63, 3.8) is 0 Å². The molecule has 1 atom stereocenters. The summed E-state index contributed by atoms with van der Waals surface area (Å²) >= 11 is 0. The first-order valence-electron chi connectivity index (χ1n) is 4.38. The number of urea groups is 1. The van der Waals surface area contributed by atoms with Crippen molar-refractivity contribution in [1.82, 2.24) is 11.1 Å². The molecule has 15 heavy (non-hydrogen) atoms. The lowest BCUT2D eigenvalue weighted by atomic mass is 10.1. The van der Waals surface area contributed by atoms with Gasteiger partial charge < -0.3 is 10.4 Å². The monoisotopic (exact) mass is 207 g/mol. The molecule has 0 saturated carbocycles. The predicted molar refractivity (Wildman–Crippen MR) is 53.2 cm³/mol.